The average molecular weight is 340 g/mol. The van der Waals surface area contributed by atoms with E-state index in [9.17, 15) is 4.79 Å². The highest BCUT2D eigenvalue weighted by Crippen LogP contribution is 2.18. The number of aryl methyl sites for hydroxylation is 1. The number of pyridine rings is 2. The van der Waals surface area contributed by atoms with Crippen molar-refractivity contribution in [2.45, 2.75) is 13.5 Å². The maximum Gasteiger partial charge on any atom is 0.253 e. The van der Waals surface area contributed by atoms with Crippen molar-refractivity contribution in [2.75, 3.05) is 5.32 Å². The molecule has 4 aromatic rings. The Morgan fingerprint density at radius 3 is 2.96 bits per heavy atom. The lowest BCUT2D eigenvalue weighted by Crippen LogP contribution is -2.15. The van der Waals surface area contributed by atoms with Gasteiger partial charge in [-0.1, -0.05) is 11.6 Å². The first kappa shape index (κ1) is 14.7. The second-order valence-electron chi connectivity index (χ2n) is 5.60. The number of halogens is 1. The molecule has 0 aliphatic rings. The summed E-state index contributed by atoms with van der Waals surface area (Å²) in [7, 11) is 0. The normalized spacial score (nSPS) is 11.2. The van der Waals surface area contributed by atoms with Gasteiger partial charge >= 0.3 is 0 Å². The summed E-state index contributed by atoms with van der Waals surface area (Å²) in [5.74, 6) is 0.833. The van der Waals surface area contributed by atoms with Gasteiger partial charge in [-0.25, -0.2) is 0 Å². The first-order valence-corrected chi connectivity index (χ1v) is 7.85. The number of rotatable bonds is 3. The Labute approximate surface area is 142 Å². The Balaban J connectivity index is 1.63. The largest absolute Gasteiger partial charge is 0.381 e. The lowest BCUT2D eigenvalue weighted by Gasteiger charge is -2.08. The molecule has 0 spiro atoms. The predicted octanol–water partition coefficient (Wildman–Crippen LogP) is 3.14. The fourth-order valence-corrected chi connectivity index (χ4v) is 2.85. The molecule has 0 amide bonds. The summed E-state index contributed by atoms with van der Waals surface area (Å²) >= 11 is 6.02. The fourth-order valence-electron chi connectivity index (χ4n) is 2.67. The van der Waals surface area contributed by atoms with E-state index in [1.165, 1.54) is 0 Å². The summed E-state index contributed by atoms with van der Waals surface area (Å²) in [5, 5.41) is 12.9. The molecule has 4 rings (SSSR count). The van der Waals surface area contributed by atoms with Crippen LogP contribution in [0.15, 0.2) is 47.4 Å². The molecule has 1 aromatic carbocycles. The van der Waals surface area contributed by atoms with Gasteiger partial charge in [0.25, 0.3) is 5.56 Å². The summed E-state index contributed by atoms with van der Waals surface area (Å²) in [6.07, 6.45) is 1.90. The number of hydrogen-bond acceptors (Lipinski definition) is 4. The van der Waals surface area contributed by atoms with Crippen LogP contribution < -0.4 is 10.9 Å². The number of hydrogen-bond donors (Lipinski definition) is 2. The van der Waals surface area contributed by atoms with E-state index < -0.39 is 0 Å². The standard InChI is InChI=1S/C17H14ClN5O/c1-10-21-22-16-8-14(4-5-23(10)16)19-9-12-6-11-7-13(18)2-3-15(11)20-17(12)24/h2-8,19H,9H2,1H3,(H,20,24). The van der Waals surface area contributed by atoms with E-state index in [-0.39, 0.29) is 5.56 Å². The topological polar surface area (TPSA) is 75.1 Å². The van der Waals surface area contributed by atoms with Crippen LogP contribution in [0.2, 0.25) is 5.02 Å². The van der Waals surface area contributed by atoms with Crippen molar-refractivity contribution in [3.05, 3.63) is 69.4 Å². The Hall–Kier alpha value is -2.86. The van der Waals surface area contributed by atoms with Gasteiger partial charge in [-0.3, -0.25) is 9.20 Å². The van der Waals surface area contributed by atoms with E-state index in [0.717, 1.165) is 28.1 Å². The number of aromatic nitrogens is 4. The van der Waals surface area contributed by atoms with Crippen molar-refractivity contribution in [1.82, 2.24) is 19.6 Å². The van der Waals surface area contributed by atoms with Crippen LogP contribution in [0.4, 0.5) is 5.69 Å². The van der Waals surface area contributed by atoms with E-state index in [4.69, 9.17) is 11.6 Å². The molecule has 7 heteroatoms. The molecule has 0 fully saturated rings. The van der Waals surface area contributed by atoms with Crippen LogP contribution in [0.25, 0.3) is 16.6 Å². The Morgan fingerprint density at radius 2 is 2.08 bits per heavy atom. The van der Waals surface area contributed by atoms with Crippen LogP contribution in [0, 0.1) is 6.92 Å². The summed E-state index contributed by atoms with van der Waals surface area (Å²) in [5.41, 5.74) is 2.93. The van der Waals surface area contributed by atoms with Crippen LogP contribution in [0.5, 0.6) is 0 Å². The molecule has 0 aliphatic heterocycles. The molecule has 0 radical (unpaired) electrons. The Morgan fingerprint density at radius 1 is 1.21 bits per heavy atom. The highest BCUT2D eigenvalue weighted by molar-refractivity contribution is 6.31. The predicted molar refractivity (Wildman–Crippen MR) is 94.6 cm³/mol. The third-order valence-electron chi connectivity index (χ3n) is 3.95. The van der Waals surface area contributed by atoms with Crippen molar-refractivity contribution in [1.29, 1.82) is 0 Å². The van der Waals surface area contributed by atoms with Crippen molar-refractivity contribution in [2.24, 2.45) is 0 Å². The summed E-state index contributed by atoms with van der Waals surface area (Å²) < 4.78 is 1.90. The third-order valence-corrected chi connectivity index (χ3v) is 4.18. The molecule has 24 heavy (non-hydrogen) atoms. The molecule has 2 N–H and O–H groups in total. The van der Waals surface area contributed by atoms with E-state index in [0.29, 0.717) is 17.1 Å². The number of H-pyrrole nitrogens is 1. The van der Waals surface area contributed by atoms with Crippen LogP contribution in [0.3, 0.4) is 0 Å². The third kappa shape index (κ3) is 2.61. The molecule has 3 aromatic heterocycles. The molecular weight excluding hydrogens is 326 g/mol. The minimum absolute atomic E-state index is 0.114. The summed E-state index contributed by atoms with van der Waals surface area (Å²) in [6, 6.07) is 11.1. The molecule has 0 saturated heterocycles. The van der Waals surface area contributed by atoms with Crippen molar-refractivity contribution < 1.29 is 0 Å². The maximum atomic E-state index is 12.2. The first-order chi connectivity index (χ1) is 11.6. The SMILES string of the molecule is Cc1nnc2cc(NCc3cc4cc(Cl)ccc4[nH]c3=O)ccn12. The fraction of sp³-hybridized carbons (Fsp3) is 0.118. The minimum Gasteiger partial charge on any atom is -0.381 e. The van der Waals surface area contributed by atoms with Gasteiger partial charge in [-0.15, -0.1) is 10.2 Å². The molecule has 0 atom stereocenters. The molecule has 0 unspecified atom stereocenters. The quantitative estimate of drug-likeness (QED) is 0.601. The number of aromatic amines is 1. The number of nitrogens with zero attached hydrogens (tertiary/aromatic N) is 3. The highest BCUT2D eigenvalue weighted by Gasteiger charge is 2.05. The maximum absolute atomic E-state index is 12.2. The van der Waals surface area contributed by atoms with E-state index in [1.54, 1.807) is 12.1 Å². The molecule has 0 aliphatic carbocycles. The van der Waals surface area contributed by atoms with E-state index in [1.807, 2.05) is 41.8 Å². The highest BCUT2D eigenvalue weighted by atomic mass is 35.5. The van der Waals surface area contributed by atoms with Gasteiger partial charge in [0, 0.05) is 46.0 Å². The van der Waals surface area contributed by atoms with Gasteiger partial charge in [-0.05, 0) is 37.3 Å². The molecule has 6 nitrogen and oxygen atoms in total. The zero-order valence-corrected chi connectivity index (χ0v) is 13.6. The lowest BCUT2D eigenvalue weighted by molar-refractivity contribution is 1.01. The van der Waals surface area contributed by atoms with Crippen molar-refractivity contribution in [3.8, 4) is 0 Å². The Kier molecular flexibility index (Phi) is 3.46. The van der Waals surface area contributed by atoms with Crippen LogP contribution in [-0.2, 0) is 6.54 Å². The molecular formula is C17H14ClN5O. The molecule has 0 saturated carbocycles. The smallest absolute Gasteiger partial charge is 0.253 e. The molecule has 0 bridgehead atoms. The molecule has 3 heterocycles. The zero-order valence-electron chi connectivity index (χ0n) is 12.9. The van der Waals surface area contributed by atoms with Gasteiger partial charge in [0.15, 0.2) is 5.65 Å². The Bertz CT molecular complexity index is 1120. The van der Waals surface area contributed by atoms with E-state index in [2.05, 4.69) is 20.5 Å². The van der Waals surface area contributed by atoms with Crippen molar-refractivity contribution in [3.63, 3.8) is 0 Å². The monoisotopic (exact) mass is 339 g/mol. The second kappa shape index (κ2) is 5.65. The number of fused-ring (bicyclic) bond motifs is 2. The zero-order chi connectivity index (χ0) is 16.7. The van der Waals surface area contributed by atoms with Crippen LogP contribution in [-0.4, -0.2) is 19.6 Å². The molecule has 120 valence electrons. The lowest BCUT2D eigenvalue weighted by atomic mass is 10.1. The van der Waals surface area contributed by atoms with Gasteiger partial charge in [0.2, 0.25) is 0 Å². The van der Waals surface area contributed by atoms with Gasteiger partial charge in [0.05, 0.1) is 0 Å². The van der Waals surface area contributed by atoms with Gasteiger partial charge in [0.1, 0.15) is 5.82 Å². The van der Waals surface area contributed by atoms with Crippen molar-refractivity contribution >= 4 is 33.8 Å². The van der Waals surface area contributed by atoms with Gasteiger partial charge in [-0.2, -0.15) is 0 Å². The van der Waals surface area contributed by atoms with Crippen LogP contribution in [0.1, 0.15) is 11.4 Å². The minimum atomic E-state index is -0.114. The number of anilines is 1. The summed E-state index contributed by atoms with van der Waals surface area (Å²) in [6.45, 7) is 2.30. The van der Waals surface area contributed by atoms with Crippen LogP contribution >= 0.6 is 11.6 Å². The number of nitrogens with one attached hydrogen (secondary N) is 2. The number of benzene rings is 1. The average Bonchev–Trinajstić information content (AvgIpc) is 2.94. The summed E-state index contributed by atoms with van der Waals surface area (Å²) in [4.78, 5) is 15.1. The first-order valence-electron chi connectivity index (χ1n) is 7.47. The van der Waals surface area contributed by atoms with E-state index >= 15 is 0 Å². The van der Waals surface area contributed by atoms with Gasteiger partial charge < -0.3 is 10.3 Å². The second-order valence-corrected chi connectivity index (χ2v) is 6.04.